The third kappa shape index (κ3) is 3.47. The number of hydrogen-bond acceptors (Lipinski definition) is 5. The summed E-state index contributed by atoms with van der Waals surface area (Å²) in [6.45, 7) is 2.39. The van der Waals surface area contributed by atoms with Gasteiger partial charge in [-0.25, -0.2) is 4.79 Å². The Balaban J connectivity index is 2.20. The zero-order valence-corrected chi connectivity index (χ0v) is 11.9. The second-order valence-electron chi connectivity index (χ2n) is 4.32. The standard InChI is InChI=1S/C15H16N2O4/c1-3-21-15(19)14-12(10-18)9-17(16-14)8-11-4-6-13(20-2)7-5-11/h4-7,9-10H,3,8H2,1-2H3. The first-order valence-electron chi connectivity index (χ1n) is 6.50. The molecule has 1 aromatic heterocycles. The second kappa shape index (κ2) is 6.69. The summed E-state index contributed by atoms with van der Waals surface area (Å²) >= 11 is 0. The topological polar surface area (TPSA) is 70.4 Å². The summed E-state index contributed by atoms with van der Waals surface area (Å²) in [6, 6.07) is 7.47. The van der Waals surface area contributed by atoms with E-state index in [1.165, 1.54) is 10.9 Å². The third-order valence-electron chi connectivity index (χ3n) is 2.89. The van der Waals surface area contributed by atoms with Gasteiger partial charge < -0.3 is 9.47 Å². The van der Waals surface area contributed by atoms with E-state index in [0.29, 0.717) is 12.8 Å². The predicted molar refractivity (Wildman–Crippen MR) is 75.7 cm³/mol. The number of methoxy groups -OCH3 is 1. The summed E-state index contributed by atoms with van der Waals surface area (Å²) in [7, 11) is 1.60. The first-order valence-corrected chi connectivity index (χ1v) is 6.50. The van der Waals surface area contributed by atoms with Gasteiger partial charge in [0.15, 0.2) is 12.0 Å². The number of nitrogens with zero attached hydrogens (tertiary/aromatic N) is 2. The highest BCUT2D eigenvalue weighted by atomic mass is 16.5. The lowest BCUT2D eigenvalue weighted by Gasteiger charge is -2.03. The SMILES string of the molecule is CCOC(=O)c1nn(Cc2ccc(OC)cc2)cc1C=O. The van der Waals surface area contributed by atoms with Crippen molar-refractivity contribution >= 4 is 12.3 Å². The average molecular weight is 288 g/mol. The first-order chi connectivity index (χ1) is 10.2. The molecule has 0 radical (unpaired) electrons. The van der Waals surface area contributed by atoms with Crippen LogP contribution in [0.1, 0.15) is 33.3 Å². The number of aldehydes is 1. The summed E-state index contributed by atoms with van der Waals surface area (Å²) in [5.41, 5.74) is 1.24. The van der Waals surface area contributed by atoms with Crippen molar-refractivity contribution in [3.63, 3.8) is 0 Å². The number of hydrogen-bond donors (Lipinski definition) is 0. The highest BCUT2D eigenvalue weighted by molar-refractivity contribution is 5.96. The van der Waals surface area contributed by atoms with Crippen molar-refractivity contribution in [1.29, 1.82) is 0 Å². The molecule has 1 aromatic carbocycles. The Kier molecular flexibility index (Phi) is 4.71. The summed E-state index contributed by atoms with van der Waals surface area (Å²) in [5, 5.41) is 4.12. The number of carbonyl (C=O) groups excluding carboxylic acids is 2. The average Bonchev–Trinajstić information content (AvgIpc) is 2.91. The highest BCUT2D eigenvalue weighted by Gasteiger charge is 2.17. The smallest absolute Gasteiger partial charge is 0.359 e. The normalized spacial score (nSPS) is 10.2. The van der Waals surface area contributed by atoms with Gasteiger partial charge in [0.05, 0.1) is 25.8 Å². The molecule has 0 spiro atoms. The third-order valence-corrected chi connectivity index (χ3v) is 2.89. The molecule has 2 aromatic rings. The molecule has 2 rings (SSSR count). The van der Waals surface area contributed by atoms with Gasteiger partial charge in [0, 0.05) is 6.20 Å². The van der Waals surface area contributed by atoms with Crippen molar-refractivity contribution in [2.24, 2.45) is 0 Å². The maximum Gasteiger partial charge on any atom is 0.359 e. The lowest BCUT2D eigenvalue weighted by Crippen LogP contribution is -2.09. The van der Waals surface area contributed by atoms with E-state index in [1.54, 1.807) is 14.0 Å². The number of carbonyl (C=O) groups is 2. The van der Waals surface area contributed by atoms with Crippen molar-refractivity contribution < 1.29 is 19.1 Å². The van der Waals surface area contributed by atoms with Crippen LogP contribution in [0.15, 0.2) is 30.5 Å². The molecule has 0 aliphatic carbocycles. The van der Waals surface area contributed by atoms with Crippen LogP contribution in [-0.4, -0.2) is 35.8 Å². The summed E-state index contributed by atoms with van der Waals surface area (Å²) in [4.78, 5) is 22.7. The summed E-state index contributed by atoms with van der Waals surface area (Å²) in [6.07, 6.45) is 2.13. The zero-order valence-electron chi connectivity index (χ0n) is 11.9. The summed E-state index contributed by atoms with van der Waals surface area (Å²) < 4.78 is 11.5. The molecule has 0 aliphatic rings. The van der Waals surface area contributed by atoms with Gasteiger partial charge in [0.1, 0.15) is 5.75 Å². The van der Waals surface area contributed by atoms with Crippen LogP contribution in [-0.2, 0) is 11.3 Å². The molecule has 6 nitrogen and oxygen atoms in total. The van der Waals surface area contributed by atoms with E-state index in [2.05, 4.69) is 5.10 Å². The lowest BCUT2D eigenvalue weighted by atomic mass is 10.2. The Morgan fingerprint density at radius 2 is 2.05 bits per heavy atom. The minimum absolute atomic E-state index is 0.0420. The fourth-order valence-electron chi connectivity index (χ4n) is 1.88. The number of rotatable bonds is 6. The Hall–Kier alpha value is -2.63. The number of benzene rings is 1. The van der Waals surface area contributed by atoms with E-state index < -0.39 is 5.97 Å². The van der Waals surface area contributed by atoms with E-state index in [4.69, 9.17) is 9.47 Å². The fourth-order valence-corrected chi connectivity index (χ4v) is 1.88. The molecule has 0 N–H and O–H groups in total. The Labute approximate surface area is 122 Å². The summed E-state index contributed by atoms with van der Waals surface area (Å²) in [5.74, 6) is 0.174. The predicted octanol–water partition coefficient (Wildman–Crippen LogP) is 1.93. The minimum Gasteiger partial charge on any atom is -0.497 e. The quantitative estimate of drug-likeness (QED) is 0.600. The Bertz CT molecular complexity index is 632. The van der Waals surface area contributed by atoms with E-state index in [1.807, 2.05) is 24.3 Å². The van der Waals surface area contributed by atoms with Crippen LogP contribution in [0.5, 0.6) is 5.75 Å². The molecule has 0 unspecified atom stereocenters. The van der Waals surface area contributed by atoms with Crippen molar-refractivity contribution in [3.05, 3.63) is 47.3 Å². The molecule has 110 valence electrons. The number of ether oxygens (including phenoxy) is 2. The van der Waals surface area contributed by atoms with Gasteiger partial charge in [-0.1, -0.05) is 12.1 Å². The van der Waals surface area contributed by atoms with Crippen LogP contribution in [0, 0.1) is 0 Å². The van der Waals surface area contributed by atoms with Gasteiger partial charge in [-0.15, -0.1) is 0 Å². The van der Waals surface area contributed by atoms with E-state index in [0.717, 1.165) is 11.3 Å². The molecule has 1 heterocycles. The van der Waals surface area contributed by atoms with E-state index in [-0.39, 0.29) is 17.9 Å². The largest absolute Gasteiger partial charge is 0.497 e. The number of esters is 1. The van der Waals surface area contributed by atoms with Gasteiger partial charge in [0.2, 0.25) is 0 Å². The molecular formula is C15H16N2O4. The van der Waals surface area contributed by atoms with Crippen LogP contribution in [0.2, 0.25) is 0 Å². The van der Waals surface area contributed by atoms with Gasteiger partial charge in [-0.05, 0) is 24.6 Å². The molecule has 0 bridgehead atoms. The molecule has 21 heavy (non-hydrogen) atoms. The maximum atomic E-state index is 11.7. The fraction of sp³-hybridized carbons (Fsp3) is 0.267. The minimum atomic E-state index is -0.590. The molecule has 6 heteroatoms. The van der Waals surface area contributed by atoms with Gasteiger partial charge >= 0.3 is 5.97 Å². The Morgan fingerprint density at radius 1 is 1.33 bits per heavy atom. The van der Waals surface area contributed by atoms with Crippen molar-refractivity contribution in [2.45, 2.75) is 13.5 Å². The van der Waals surface area contributed by atoms with Crippen LogP contribution >= 0.6 is 0 Å². The van der Waals surface area contributed by atoms with Crippen molar-refractivity contribution in [1.82, 2.24) is 9.78 Å². The second-order valence-corrected chi connectivity index (χ2v) is 4.32. The zero-order chi connectivity index (χ0) is 15.2. The van der Waals surface area contributed by atoms with Crippen molar-refractivity contribution in [2.75, 3.05) is 13.7 Å². The molecule has 0 aliphatic heterocycles. The maximum absolute atomic E-state index is 11.7. The monoisotopic (exact) mass is 288 g/mol. The highest BCUT2D eigenvalue weighted by Crippen LogP contribution is 2.13. The molecular weight excluding hydrogens is 272 g/mol. The van der Waals surface area contributed by atoms with Gasteiger partial charge in [-0.3, -0.25) is 9.48 Å². The van der Waals surface area contributed by atoms with Gasteiger partial charge in [-0.2, -0.15) is 5.10 Å². The van der Waals surface area contributed by atoms with Crippen molar-refractivity contribution in [3.8, 4) is 5.75 Å². The molecule has 0 fully saturated rings. The van der Waals surface area contributed by atoms with Crippen LogP contribution in [0.3, 0.4) is 0 Å². The molecule has 0 atom stereocenters. The Morgan fingerprint density at radius 3 is 2.62 bits per heavy atom. The lowest BCUT2D eigenvalue weighted by molar-refractivity contribution is 0.0516. The van der Waals surface area contributed by atoms with Crippen LogP contribution in [0.4, 0.5) is 0 Å². The number of aromatic nitrogens is 2. The van der Waals surface area contributed by atoms with Crippen LogP contribution in [0.25, 0.3) is 0 Å². The molecule has 0 saturated carbocycles. The molecule has 0 amide bonds. The first kappa shape index (κ1) is 14.8. The molecule has 0 saturated heterocycles. The van der Waals surface area contributed by atoms with E-state index in [9.17, 15) is 9.59 Å². The van der Waals surface area contributed by atoms with Gasteiger partial charge in [0.25, 0.3) is 0 Å². The van der Waals surface area contributed by atoms with Crippen LogP contribution < -0.4 is 4.74 Å². The van der Waals surface area contributed by atoms with E-state index >= 15 is 0 Å².